The average molecular weight is 178 g/mol. The molecule has 0 spiro atoms. The molecule has 1 aliphatic heterocycles. The molecular weight excluding hydrogens is 166 g/mol. The molecule has 0 aliphatic carbocycles. The van der Waals surface area contributed by atoms with E-state index in [-0.39, 0.29) is 18.2 Å². The molecule has 0 unspecified atom stereocenters. The van der Waals surface area contributed by atoms with Gasteiger partial charge in [-0.25, -0.2) is 4.79 Å². The third-order valence-electron chi connectivity index (χ3n) is 1.77. The van der Waals surface area contributed by atoms with Crippen LogP contribution in [0.4, 0.5) is 4.79 Å². The van der Waals surface area contributed by atoms with Crippen LogP contribution in [0.5, 0.6) is 0 Å². The first kappa shape index (κ1) is 8.65. The van der Waals surface area contributed by atoms with Gasteiger partial charge >= 0.3 is 6.09 Å². The van der Waals surface area contributed by atoms with Crippen molar-refractivity contribution < 1.29 is 9.53 Å². The second-order valence-electron chi connectivity index (χ2n) is 3.02. The number of carbonyl (C=O) groups excluding carboxylic acids is 1. The van der Waals surface area contributed by atoms with E-state index in [1.165, 1.54) is 0 Å². The molecule has 1 rings (SSSR count). The van der Waals surface area contributed by atoms with E-state index in [9.17, 15) is 4.79 Å². The van der Waals surface area contributed by atoms with E-state index in [0.29, 0.717) is 11.8 Å². The summed E-state index contributed by atoms with van der Waals surface area (Å²) in [4.78, 5) is 10.7. The normalized spacial score (nSPS) is 30.4. The molecule has 4 heteroatoms. The summed E-state index contributed by atoms with van der Waals surface area (Å²) in [6.07, 6.45) is -0.422. The summed E-state index contributed by atoms with van der Waals surface area (Å²) in [7, 11) is 0. The van der Waals surface area contributed by atoms with Crippen molar-refractivity contribution >= 4 is 17.7 Å². The summed E-state index contributed by atoms with van der Waals surface area (Å²) in [5, 5.41) is 2.64. The molecule has 0 aromatic rings. The maximum Gasteiger partial charge on any atom is 0.407 e. The minimum Gasteiger partial charge on any atom is -0.444 e. The molecule has 1 heterocycles. The van der Waals surface area contributed by atoms with Crippen LogP contribution in [0.25, 0.3) is 0 Å². The van der Waals surface area contributed by atoms with Crippen molar-refractivity contribution in [2.45, 2.75) is 26.0 Å². The number of halogens is 1. The third-order valence-corrected chi connectivity index (χ3v) is 2.10. The first-order chi connectivity index (χ1) is 5.15. The Balaban J connectivity index is 2.57. The predicted octanol–water partition coefficient (Wildman–Crippen LogP) is 1.36. The lowest BCUT2D eigenvalue weighted by molar-refractivity contribution is 0.105. The van der Waals surface area contributed by atoms with Crippen molar-refractivity contribution in [3.63, 3.8) is 0 Å². The highest BCUT2D eigenvalue weighted by atomic mass is 35.5. The van der Waals surface area contributed by atoms with Gasteiger partial charge in [-0.05, 0) is 5.92 Å². The second-order valence-corrected chi connectivity index (χ2v) is 3.33. The third kappa shape index (κ3) is 1.77. The highest BCUT2D eigenvalue weighted by molar-refractivity contribution is 6.18. The fraction of sp³-hybridized carbons (Fsp3) is 0.857. The van der Waals surface area contributed by atoms with Gasteiger partial charge in [-0.15, -0.1) is 11.6 Å². The van der Waals surface area contributed by atoms with Crippen LogP contribution in [0.1, 0.15) is 13.8 Å². The number of rotatable bonds is 2. The van der Waals surface area contributed by atoms with Crippen LogP contribution in [-0.2, 0) is 4.74 Å². The van der Waals surface area contributed by atoms with Gasteiger partial charge in [0.05, 0.1) is 6.04 Å². The Kier molecular flexibility index (Phi) is 2.60. The van der Waals surface area contributed by atoms with Crippen LogP contribution in [0, 0.1) is 5.92 Å². The van der Waals surface area contributed by atoms with E-state index < -0.39 is 0 Å². The standard InChI is InChI=1S/C7H12ClNO2/c1-4(2)6-5(3-8)9-7(10)11-6/h4-6H,3H2,1-2H3,(H,9,10)/t5-,6-/m0/s1. The largest absolute Gasteiger partial charge is 0.444 e. The monoisotopic (exact) mass is 177 g/mol. The van der Waals surface area contributed by atoms with Crippen LogP contribution in [-0.4, -0.2) is 24.1 Å². The van der Waals surface area contributed by atoms with Crippen LogP contribution in [0.3, 0.4) is 0 Å². The number of nitrogens with one attached hydrogen (secondary N) is 1. The second kappa shape index (κ2) is 3.30. The quantitative estimate of drug-likeness (QED) is 0.647. The zero-order valence-corrected chi connectivity index (χ0v) is 7.39. The number of hydrogen-bond donors (Lipinski definition) is 1. The molecule has 0 bridgehead atoms. The summed E-state index contributed by atoms with van der Waals surface area (Å²) in [6.45, 7) is 4.01. The number of cyclic esters (lactones) is 1. The van der Waals surface area contributed by atoms with E-state index in [1.807, 2.05) is 13.8 Å². The molecular formula is C7H12ClNO2. The number of amides is 1. The SMILES string of the molecule is CC(C)[C@@H]1OC(=O)N[C@H]1CCl. The van der Waals surface area contributed by atoms with Crippen LogP contribution < -0.4 is 5.32 Å². The molecule has 2 atom stereocenters. The molecule has 0 aromatic carbocycles. The lowest BCUT2D eigenvalue weighted by atomic mass is 10.0. The van der Waals surface area contributed by atoms with E-state index in [1.54, 1.807) is 0 Å². The smallest absolute Gasteiger partial charge is 0.407 e. The fourth-order valence-corrected chi connectivity index (χ4v) is 1.45. The van der Waals surface area contributed by atoms with Crippen molar-refractivity contribution in [2.24, 2.45) is 5.92 Å². The first-order valence-corrected chi connectivity index (χ1v) is 4.21. The molecule has 1 aliphatic rings. The molecule has 0 radical (unpaired) electrons. The maximum atomic E-state index is 10.7. The van der Waals surface area contributed by atoms with Gasteiger partial charge in [0, 0.05) is 5.88 Å². The summed E-state index contributed by atoms with van der Waals surface area (Å²) in [6, 6.07) is -0.0239. The Morgan fingerprint density at radius 2 is 2.36 bits per heavy atom. The Labute approximate surface area is 71.1 Å². The van der Waals surface area contributed by atoms with Crippen molar-refractivity contribution in [2.75, 3.05) is 5.88 Å². The summed E-state index contributed by atoms with van der Waals surface area (Å²) < 4.78 is 4.99. The topological polar surface area (TPSA) is 38.3 Å². The highest BCUT2D eigenvalue weighted by Crippen LogP contribution is 2.17. The van der Waals surface area contributed by atoms with Crippen molar-refractivity contribution in [3.05, 3.63) is 0 Å². The molecule has 11 heavy (non-hydrogen) atoms. The van der Waals surface area contributed by atoms with Gasteiger partial charge in [-0.3, -0.25) is 0 Å². The van der Waals surface area contributed by atoms with E-state index in [0.717, 1.165) is 0 Å². The van der Waals surface area contributed by atoms with Gasteiger partial charge in [0.2, 0.25) is 0 Å². The number of alkyl halides is 1. The van der Waals surface area contributed by atoms with Crippen LogP contribution in [0.2, 0.25) is 0 Å². The molecule has 0 aromatic heterocycles. The summed E-state index contributed by atoms with van der Waals surface area (Å²) >= 11 is 5.62. The Hall–Kier alpha value is -0.440. The number of hydrogen-bond acceptors (Lipinski definition) is 2. The van der Waals surface area contributed by atoms with Crippen molar-refractivity contribution in [3.8, 4) is 0 Å². The van der Waals surface area contributed by atoms with Gasteiger partial charge in [0.25, 0.3) is 0 Å². The van der Waals surface area contributed by atoms with Gasteiger partial charge in [0.1, 0.15) is 6.10 Å². The van der Waals surface area contributed by atoms with Gasteiger partial charge in [0.15, 0.2) is 0 Å². The van der Waals surface area contributed by atoms with Crippen LogP contribution in [0.15, 0.2) is 0 Å². The molecule has 3 nitrogen and oxygen atoms in total. The lowest BCUT2D eigenvalue weighted by Gasteiger charge is -2.17. The minimum absolute atomic E-state index is 0.0239. The summed E-state index contributed by atoms with van der Waals surface area (Å²) in [5.74, 6) is 0.729. The highest BCUT2D eigenvalue weighted by Gasteiger charge is 2.35. The Bertz CT molecular complexity index is 161. The first-order valence-electron chi connectivity index (χ1n) is 3.68. The number of alkyl carbamates (subject to hydrolysis) is 1. The minimum atomic E-state index is -0.352. The predicted molar refractivity (Wildman–Crippen MR) is 42.8 cm³/mol. The summed E-state index contributed by atoms with van der Waals surface area (Å²) in [5.41, 5.74) is 0. The molecule has 64 valence electrons. The zero-order chi connectivity index (χ0) is 8.43. The van der Waals surface area contributed by atoms with Crippen molar-refractivity contribution in [1.82, 2.24) is 5.32 Å². The lowest BCUT2D eigenvalue weighted by Crippen LogP contribution is -2.35. The van der Waals surface area contributed by atoms with E-state index >= 15 is 0 Å². The number of carbonyl (C=O) groups is 1. The number of ether oxygens (including phenoxy) is 1. The van der Waals surface area contributed by atoms with Gasteiger partial charge in [-0.1, -0.05) is 13.8 Å². The zero-order valence-electron chi connectivity index (χ0n) is 6.63. The Morgan fingerprint density at radius 1 is 1.73 bits per heavy atom. The molecule has 1 fully saturated rings. The molecule has 1 N–H and O–H groups in total. The van der Waals surface area contributed by atoms with E-state index in [4.69, 9.17) is 16.3 Å². The van der Waals surface area contributed by atoms with Gasteiger partial charge in [-0.2, -0.15) is 0 Å². The van der Waals surface area contributed by atoms with Crippen molar-refractivity contribution in [1.29, 1.82) is 0 Å². The van der Waals surface area contributed by atoms with E-state index in [2.05, 4.69) is 5.32 Å². The molecule has 1 amide bonds. The maximum absolute atomic E-state index is 10.7. The average Bonchev–Trinajstić information content (AvgIpc) is 2.30. The molecule has 0 saturated carbocycles. The fourth-order valence-electron chi connectivity index (χ4n) is 1.20. The van der Waals surface area contributed by atoms with Gasteiger partial charge < -0.3 is 10.1 Å². The van der Waals surface area contributed by atoms with Crippen LogP contribution >= 0.6 is 11.6 Å². The molecule has 1 saturated heterocycles. The Morgan fingerprint density at radius 3 is 2.73 bits per heavy atom.